The van der Waals surface area contributed by atoms with Gasteiger partial charge in [-0.3, -0.25) is 5.32 Å². The molecule has 15 heavy (non-hydrogen) atoms. The quantitative estimate of drug-likeness (QED) is 0.767. The topological polar surface area (TPSA) is 35.8 Å². The van der Waals surface area contributed by atoms with Crippen LogP contribution in [-0.4, -0.2) is 11.6 Å². The van der Waals surface area contributed by atoms with Crippen LogP contribution >= 0.6 is 0 Å². The molecule has 0 aromatic carbocycles. The molecule has 0 unspecified atom stereocenters. The highest BCUT2D eigenvalue weighted by molar-refractivity contribution is 5.11. The minimum absolute atomic E-state index is 0.161. The van der Waals surface area contributed by atoms with E-state index in [1.54, 1.807) is 0 Å². The van der Waals surface area contributed by atoms with E-state index < -0.39 is 0 Å². The van der Waals surface area contributed by atoms with Crippen molar-refractivity contribution >= 4 is 0 Å². The summed E-state index contributed by atoms with van der Waals surface area (Å²) in [5, 5.41) is 12.9. The first-order valence-corrected chi connectivity index (χ1v) is 6.47. The van der Waals surface area contributed by atoms with E-state index in [1.807, 2.05) is 0 Å². The summed E-state index contributed by atoms with van der Waals surface area (Å²) in [5.74, 6) is 0.887. The van der Waals surface area contributed by atoms with Crippen LogP contribution in [0.25, 0.3) is 0 Å². The Morgan fingerprint density at radius 2 is 1.93 bits per heavy atom. The maximum absolute atomic E-state index is 9.32. The Balaban J connectivity index is 1.85. The number of nitrogens with zero attached hydrogens (tertiary/aromatic N) is 1. The zero-order valence-corrected chi connectivity index (χ0v) is 9.76. The average Bonchev–Trinajstić information content (AvgIpc) is 3.06. The van der Waals surface area contributed by atoms with Gasteiger partial charge >= 0.3 is 0 Å². The molecule has 0 aromatic rings. The number of nitrogens with one attached hydrogen (secondary N) is 1. The van der Waals surface area contributed by atoms with Crippen molar-refractivity contribution in [2.45, 2.75) is 69.9 Å². The van der Waals surface area contributed by atoms with Crippen LogP contribution in [0.3, 0.4) is 0 Å². The van der Waals surface area contributed by atoms with Crippen molar-refractivity contribution in [1.29, 1.82) is 5.26 Å². The predicted octanol–water partition coefficient (Wildman–Crippen LogP) is 2.99. The molecule has 2 fully saturated rings. The molecule has 0 heterocycles. The maximum Gasteiger partial charge on any atom is 0.107 e. The first kappa shape index (κ1) is 11.0. The molecule has 0 radical (unpaired) electrons. The lowest BCUT2D eigenvalue weighted by atomic mass is 9.76. The fourth-order valence-corrected chi connectivity index (χ4v) is 2.77. The van der Waals surface area contributed by atoms with E-state index >= 15 is 0 Å². The summed E-state index contributed by atoms with van der Waals surface area (Å²) in [6.07, 6.45) is 9.85. The first-order valence-electron chi connectivity index (χ1n) is 6.47. The summed E-state index contributed by atoms with van der Waals surface area (Å²) in [4.78, 5) is 0. The second-order valence-electron chi connectivity index (χ2n) is 5.34. The van der Waals surface area contributed by atoms with Crippen molar-refractivity contribution in [2.24, 2.45) is 5.92 Å². The molecule has 1 N–H and O–H groups in total. The molecule has 0 aromatic heterocycles. The fourth-order valence-electron chi connectivity index (χ4n) is 2.77. The Labute approximate surface area is 93.0 Å². The van der Waals surface area contributed by atoms with Crippen molar-refractivity contribution in [3.05, 3.63) is 0 Å². The lowest BCUT2D eigenvalue weighted by Gasteiger charge is -2.35. The van der Waals surface area contributed by atoms with Gasteiger partial charge in [-0.15, -0.1) is 0 Å². The Morgan fingerprint density at radius 1 is 1.27 bits per heavy atom. The van der Waals surface area contributed by atoms with Crippen LogP contribution in [0.5, 0.6) is 0 Å². The summed E-state index contributed by atoms with van der Waals surface area (Å²) in [7, 11) is 0. The summed E-state index contributed by atoms with van der Waals surface area (Å²) >= 11 is 0. The monoisotopic (exact) mass is 206 g/mol. The molecule has 0 aliphatic heterocycles. The Hall–Kier alpha value is -0.550. The van der Waals surface area contributed by atoms with Crippen molar-refractivity contribution < 1.29 is 0 Å². The van der Waals surface area contributed by atoms with Crippen LogP contribution in [-0.2, 0) is 0 Å². The van der Waals surface area contributed by atoms with E-state index in [-0.39, 0.29) is 5.54 Å². The SMILES string of the molecule is CCCC1CCC(C#N)(NC2CC2)CC1. The standard InChI is InChI=1S/C13H22N2/c1-2-3-11-6-8-13(10-14,9-7-11)15-12-4-5-12/h11-12,15H,2-9H2,1H3. The second kappa shape index (κ2) is 4.53. The highest BCUT2D eigenvalue weighted by atomic mass is 15.0. The zero-order valence-electron chi connectivity index (χ0n) is 9.76. The van der Waals surface area contributed by atoms with Crippen molar-refractivity contribution in [2.75, 3.05) is 0 Å². The summed E-state index contributed by atoms with van der Waals surface area (Å²) in [5.41, 5.74) is -0.161. The molecule has 2 aliphatic carbocycles. The number of hydrogen-bond acceptors (Lipinski definition) is 2. The maximum atomic E-state index is 9.32. The van der Waals surface area contributed by atoms with Crippen LogP contribution in [0.15, 0.2) is 0 Å². The summed E-state index contributed by atoms with van der Waals surface area (Å²) in [6, 6.07) is 3.20. The van der Waals surface area contributed by atoms with E-state index in [0.717, 1.165) is 18.8 Å². The Morgan fingerprint density at radius 3 is 2.40 bits per heavy atom. The average molecular weight is 206 g/mol. The van der Waals surface area contributed by atoms with Crippen LogP contribution in [0, 0.1) is 17.2 Å². The molecule has 0 amide bonds. The third-order valence-corrected chi connectivity index (χ3v) is 3.93. The third kappa shape index (κ3) is 2.72. The Bertz CT molecular complexity index is 242. The highest BCUT2D eigenvalue weighted by Crippen LogP contribution is 2.36. The summed E-state index contributed by atoms with van der Waals surface area (Å²) < 4.78 is 0. The molecule has 0 atom stereocenters. The minimum atomic E-state index is -0.161. The molecule has 0 bridgehead atoms. The number of rotatable bonds is 4. The molecule has 0 spiro atoms. The van der Waals surface area contributed by atoms with Gasteiger partial charge < -0.3 is 0 Å². The molecule has 84 valence electrons. The van der Waals surface area contributed by atoms with E-state index in [0.29, 0.717) is 6.04 Å². The zero-order chi connectivity index (χ0) is 10.7. The molecular weight excluding hydrogens is 184 g/mol. The van der Waals surface area contributed by atoms with Gasteiger partial charge in [-0.05, 0) is 44.4 Å². The molecule has 2 heteroatoms. The van der Waals surface area contributed by atoms with Crippen LogP contribution in [0.4, 0.5) is 0 Å². The van der Waals surface area contributed by atoms with E-state index in [2.05, 4.69) is 18.3 Å². The Kier molecular flexibility index (Phi) is 3.31. The number of hydrogen-bond donors (Lipinski definition) is 1. The molecule has 0 saturated heterocycles. The highest BCUT2D eigenvalue weighted by Gasteiger charge is 2.39. The smallest absolute Gasteiger partial charge is 0.107 e. The van der Waals surface area contributed by atoms with Crippen molar-refractivity contribution in [3.63, 3.8) is 0 Å². The molecule has 2 rings (SSSR count). The second-order valence-corrected chi connectivity index (χ2v) is 5.34. The predicted molar refractivity (Wildman–Crippen MR) is 61.4 cm³/mol. The van der Waals surface area contributed by atoms with Crippen LogP contribution in [0.2, 0.25) is 0 Å². The summed E-state index contributed by atoms with van der Waals surface area (Å²) in [6.45, 7) is 2.26. The van der Waals surface area contributed by atoms with Gasteiger partial charge in [-0.1, -0.05) is 19.8 Å². The third-order valence-electron chi connectivity index (χ3n) is 3.93. The van der Waals surface area contributed by atoms with Gasteiger partial charge in [0, 0.05) is 6.04 Å². The van der Waals surface area contributed by atoms with Gasteiger partial charge in [0.1, 0.15) is 5.54 Å². The lowest BCUT2D eigenvalue weighted by molar-refractivity contribution is 0.227. The van der Waals surface area contributed by atoms with Crippen LogP contribution < -0.4 is 5.32 Å². The van der Waals surface area contributed by atoms with Gasteiger partial charge in [0.15, 0.2) is 0 Å². The normalized spacial score (nSPS) is 36.1. The van der Waals surface area contributed by atoms with E-state index in [4.69, 9.17) is 0 Å². The van der Waals surface area contributed by atoms with Crippen LogP contribution in [0.1, 0.15) is 58.3 Å². The lowest BCUT2D eigenvalue weighted by Crippen LogP contribution is -2.47. The van der Waals surface area contributed by atoms with E-state index in [1.165, 1.54) is 38.5 Å². The number of nitriles is 1. The van der Waals surface area contributed by atoms with Crippen molar-refractivity contribution in [3.8, 4) is 6.07 Å². The van der Waals surface area contributed by atoms with Gasteiger partial charge in [0.05, 0.1) is 6.07 Å². The van der Waals surface area contributed by atoms with Gasteiger partial charge in [0.2, 0.25) is 0 Å². The molecule has 2 saturated carbocycles. The van der Waals surface area contributed by atoms with Crippen molar-refractivity contribution in [1.82, 2.24) is 5.32 Å². The van der Waals surface area contributed by atoms with E-state index in [9.17, 15) is 5.26 Å². The first-order chi connectivity index (χ1) is 7.28. The fraction of sp³-hybridized carbons (Fsp3) is 0.923. The molecule has 2 aliphatic rings. The molecular formula is C13H22N2. The minimum Gasteiger partial charge on any atom is -0.297 e. The van der Waals surface area contributed by atoms with Gasteiger partial charge in [-0.2, -0.15) is 5.26 Å². The van der Waals surface area contributed by atoms with Gasteiger partial charge in [-0.25, -0.2) is 0 Å². The largest absolute Gasteiger partial charge is 0.297 e. The van der Waals surface area contributed by atoms with Gasteiger partial charge in [0.25, 0.3) is 0 Å². The molecule has 2 nitrogen and oxygen atoms in total.